The van der Waals surface area contributed by atoms with Gasteiger partial charge in [-0.05, 0) is 19.9 Å². The van der Waals surface area contributed by atoms with Crippen LogP contribution in [0.5, 0.6) is 0 Å². The van der Waals surface area contributed by atoms with E-state index in [2.05, 4.69) is 9.47 Å². The average Bonchev–Trinajstić information content (AvgIpc) is 2.40. The lowest BCUT2D eigenvalue weighted by Gasteiger charge is -2.18. The number of hydrogen-bond acceptors (Lipinski definition) is 9. The smallest absolute Gasteiger partial charge is 0.348 e. The molecule has 0 saturated heterocycles. The van der Waals surface area contributed by atoms with Crippen molar-refractivity contribution in [2.45, 2.75) is 38.1 Å². The predicted octanol–water partition coefficient (Wildman–Crippen LogP) is -2.47. The van der Waals surface area contributed by atoms with Crippen LogP contribution in [0.25, 0.3) is 0 Å². The highest BCUT2D eigenvalue weighted by atomic mass is 16.6. The zero-order chi connectivity index (χ0) is 16.6. The van der Waals surface area contributed by atoms with E-state index >= 15 is 0 Å². The van der Waals surface area contributed by atoms with Gasteiger partial charge in [0.1, 0.15) is 6.10 Å². The average molecular weight is 307 g/mol. The Morgan fingerprint density at radius 3 is 2.14 bits per heavy atom. The third kappa shape index (κ3) is 6.79. The molecule has 3 atom stereocenters. The molecule has 3 unspecified atom stereocenters. The van der Waals surface area contributed by atoms with Crippen LogP contribution in [0, 0.1) is 0 Å². The van der Waals surface area contributed by atoms with Crippen LogP contribution in [0.3, 0.4) is 0 Å². The minimum absolute atomic E-state index is 0.167. The summed E-state index contributed by atoms with van der Waals surface area (Å²) in [5, 5.41) is 27.1. The highest BCUT2D eigenvalue weighted by Gasteiger charge is 2.38. The summed E-state index contributed by atoms with van der Waals surface area (Å²) in [7, 11) is 0. The summed E-state index contributed by atoms with van der Waals surface area (Å²) in [6.07, 6.45) is -6.26. The Kier molecular flexibility index (Phi) is 8.12. The fourth-order valence-electron chi connectivity index (χ4n) is 1.07. The minimum Gasteiger partial charge on any atom is -0.478 e. The first-order chi connectivity index (χ1) is 9.70. The molecule has 10 heteroatoms. The van der Waals surface area contributed by atoms with Crippen molar-refractivity contribution in [3.05, 3.63) is 0 Å². The summed E-state index contributed by atoms with van der Waals surface area (Å²) >= 11 is 0. The molecule has 0 aromatic rings. The molecule has 0 aromatic heterocycles. The number of carboxylic acid groups (broad SMARTS) is 1. The van der Waals surface area contributed by atoms with E-state index in [4.69, 9.17) is 15.9 Å². The van der Waals surface area contributed by atoms with Gasteiger partial charge in [0.05, 0.1) is 0 Å². The van der Waals surface area contributed by atoms with Crippen LogP contribution in [-0.4, -0.2) is 64.1 Å². The highest BCUT2D eigenvalue weighted by Crippen LogP contribution is 2.06. The molecule has 0 aliphatic rings. The number of aliphatic hydroxyl groups is 2. The number of hydrogen-bond donors (Lipinski definition) is 4. The lowest BCUT2D eigenvalue weighted by Crippen LogP contribution is -2.45. The molecule has 0 fully saturated rings. The van der Waals surface area contributed by atoms with Gasteiger partial charge in [-0.1, -0.05) is 0 Å². The van der Waals surface area contributed by atoms with Gasteiger partial charge in [0.2, 0.25) is 12.2 Å². The van der Waals surface area contributed by atoms with E-state index in [1.807, 2.05) is 0 Å². The minimum atomic E-state index is -2.41. The molecule has 0 aliphatic carbocycles. The summed E-state index contributed by atoms with van der Waals surface area (Å²) in [4.78, 5) is 44.4. The molecule has 0 aromatic carbocycles. The number of aliphatic hydroxyl groups excluding tert-OH is 2. The summed E-state index contributed by atoms with van der Waals surface area (Å²) < 4.78 is 8.44. The maximum Gasteiger partial charge on any atom is 0.348 e. The molecular weight excluding hydrogens is 290 g/mol. The van der Waals surface area contributed by atoms with E-state index in [1.54, 1.807) is 0 Å². The summed E-state index contributed by atoms with van der Waals surface area (Å²) in [5.41, 5.74) is 5.15. The van der Waals surface area contributed by atoms with Gasteiger partial charge in [-0.2, -0.15) is 0 Å². The number of carboxylic acids is 1. The molecule has 0 radical (unpaired) electrons. The Balaban J connectivity index is 4.72. The van der Waals surface area contributed by atoms with Crippen LogP contribution in [0.4, 0.5) is 0 Å². The second-order valence-electron chi connectivity index (χ2n) is 4.00. The first-order valence-corrected chi connectivity index (χ1v) is 5.94. The second kappa shape index (κ2) is 9.00. The van der Waals surface area contributed by atoms with Crippen molar-refractivity contribution in [1.82, 2.24) is 0 Å². The summed E-state index contributed by atoms with van der Waals surface area (Å²) in [6.45, 7) is 1.17. The monoisotopic (exact) mass is 307 g/mol. The van der Waals surface area contributed by atoms with Gasteiger partial charge in [0, 0.05) is 6.42 Å². The molecule has 0 spiro atoms. The van der Waals surface area contributed by atoms with Gasteiger partial charge in [-0.25, -0.2) is 14.4 Å². The summed E-state index contributed by atoms with van der Waals surface area (Å²) in [5.74, 6) is -5.82. The van der Waals surface area contributed by atoms with Gasteiger partial charge < -0.3 is 30.5 Å². The summed E-state index contributed by atoms with van der Waals surface area (Å²) in [6, 6.07) is 0. The molecular formula is C11H17NO9. The standard InChI is InChI=1S/C11H17NO9/c1-5(13)10(18)21-11(19)7(15)8(9(16)17)20-6(14)3-2-4-12/h5,7-8,13,15H,2-4,12H2,1H3,(H,16,17). The Bertz CT molecular complexity index is 406. The second-order valence-corrected chi connectivity index (χ2v) is 4.00. The zero-order valence-electron chi connectivity index (χ0n) is 11.2. The third-order valence-corrected chi connectivity index (χ3v) is 2.16. The van der Waals surface area contributed by atoms with Gasteiger partial charge in [-0.15, -0.1) is 0 Å². The number of aliphatic carboxylic acids is 1. The van der Waals surface area contributed by atoms with Crippen molar-refractivity contribution in [2.24, 2.45) is 5.73 Å². The van der Waals surface area contributed by atoms with E-state index in [-0.39, 0.29) is 19.4 Å². The van der Waals surface area contributed by atoms with Crippen LogP contribution >= 0.6 is 0 Å². The fourth-order valence-corrected chi connectivity index (χ4v) is 1.07. The topological polar surface area (TPSA) is 173 Å². The molecule has 0 saturated carbocycles. The number of carbonyl (C=O) groups excluding carboxylic acids is 3. The van der Waals surface area contributed by atoms with Crippen molar-refractivity contribution < 1.29 is 44.0 Å². The van der Waals surface area contributed by atoms with E-state index in [0.717, 1.165) is 6.92 Å². The molecule has 0 rings (SSSR count). The Labute approximate surface area is 119 Å². The number of rotatable bonds is 8. The number of nitrogens with two attached hydrogens (primary N) is 1. The zero-order valence-corrected chi connectivity index (χ0v) is 11.2. The lowest BCUT2D eigenvalue weighted by molar-refractivity contribution is -0.185. The Morgan fingerprint density at radius 2 is 1.71 bits per heavy atom. The van der Waals surface area contributed by atoms with Gasteiger partial charge in [-0.3, -0.25) is 4.79 Å². The maximum atomic E-state index is 11.3. The number of ether oxygens (including phenoxy) is 2. The van der Waals surface area contributed by atoms with Crippen molar-refractivity contribution in [3.8, 4) is 0 Å². The molecule has 120 valence electrons. The highest BCUT2D eigenvalue weighted by molar-refractivity contribution is 5.93. The van der Waals surface area contributed by atoms with Crippen molar-refractivity contribution in [1.29, 1.82) is 0 Å². The molecule has 0 heterocycles. The van der Waals surface area contributed by atoms with E-state index in [0.29, 0.717) is 0 Å². The molecule has 5 N–H and O–H groups in total. The first kappa shape index (κ1) is 19.0. The lowest BCUT2D eigenvalue weighted by atomic mass is 10.2. The first-order valence-electron chi connectivity index (χ1n) is 5.94. The van der Waals surface area contributed by atoms with Gasteiger partial charge in [0.25, 0.3) is 0 Å². The molecule has 0 aliphatic heterocycles. The quantitative estimate of drug-likeness (QED) is 0.278. The van der Waals surface area contributed by atoms with Crippen molar-refractivity contribution >= 4 is 23.9 Å². The van der Waals surface area contributed by atoms with Crippen LogP contribution in [0.1, 0.15) is 19.8 Å². The van der Waals surface area contributed by atoms with Crippen molar-refractivity contribution in [2.75, 3.05) is 6.54 Å². The normalized spacial score (nSPS) is 14.7. The van der Waals surface area contributed by atoms with E-state index in [9.17, 15) is 24.3 Å². The molecule has 0 bridgehead atoms. The van der Waals surface area contributed by atoms with Crippen LogP contribution < -0.4 is 5.73 Å². The molecule has 0 amide bonds. The predicted molar refractivity (Wildman–Crippen MR) is 64.6 cm³/mol. The maximum absolute atomic E-state index is 11.3. The largest absolute Gasteiger partial charge is 0.478 e. The third-order valence-electron chi connectivity index (χ3n) is 2.16. The number of esters is 3. The van der Waals surface area contributed by atoms with Gasteiger partial charge >= 0.3 is 23.9 Å². The Morgan fingerprint density at radius 1 is 1.14 bits per heavy atom. The molecule has 21 heavy (non-hydrogen) atoms. The molecule has 10 nitrogen and oxygen atoms in total. The SMILES string of the molecule is CC(O)C(=O)OC(=O)C(O)C(OC(=O)CCCN)C(=O)O. The Hall–Kier alpha value is -2.04. The van der Waals surface area contributed by atoms with Gasteiger partial charge in [0.15, 0.2) is 0 Å². The van der Waals surface area contributed by atoms with E-state index < -0.39 is 42.2 Å². The van der Waals surface area contributed by atoms with Crippen LogP contribution in [-0.2, 0) is 28.7 Å². The van der Waals surface area contributed by atoms with Crippen LogP contribution in [0.2, 0.25) is 0 Å². The van der Waals surface area contributed by atoms with Crippen LogP contribution in [0.15, 0.2) is 0 Å². The fraction of sp³-hybridized carbons (Fsp3) is 0.636. The van der Waals surface area contributed by atoms with Crippen molar-refractivity contribution in [3.63, 3.8) is 0 Å². The van der Waals surface area contributed by atoms with E-state index in [1.165, 1.54) is 0 Å². The number of carbonyl (C=O) groups is 4.